The molecule has 1 atom stereocenters. The highest BCUT2D eigenvalue weighted by Crippen LogP contribution is 2.33. The molecule has 3 aromatic rings. The molecular weight excluding hydrogens is 344 g/mol. The molecule has 4 rings (SSSR count). The number of ether oxygens (including phenoxy) is 1. The average molecular weight is 359 g/mol. The summed E-state index contributed by atoms with van der Waals surface area (Å²) < 4.78 is 38.9. The van der Waals surface area contributed by atoms with Crippen molar-refractivity contribution in [2.45, 2.75) is 32.3 Å². The van der Waals surface area contributed by atoms with Crippen molar-refractivity contribution in [3.05, 3.63) is 65.1 Å². The summed E-state index contributed by atoms with van der Waals surface area (Å²) in [5.74, 6) is -0.798. The summed E-state index contributed by atoms with van der Waals surface area (Å²) in [4.78, 5) is 16.7. The predicted molar refractivity (Wildman–Crippen MR) is 85.8 cm³/mol. The van der Waals surface area contributed by atoms with Crippen LogP contribution in [0.25, 0.3) is 5.69 Å². The third kappa shape index (κ3) is 3.10. The van der Waals surface area contributed by atoms with Gasteiger partial charge in [-0.25, -0.2) is 23.2 Å². The van der Waals surface area contributed by atoms with Crippen molar-refractivity contribution in [1.29, 1.82) is 0 Å². The number of benzene rings is 1. The maximum absolute atomic E-state index is 13.3. The van der Waals surface area contributed by atoms with Crippen molar-refractivity contribution in [1.82, 2.24) is 14.8 Å². The van der Waals surface area contributed by atoms with E-state index in [1.165, 1.54) is 16.9 Å². The van der Waals surface area contributed by atoms with Crippen LogP contribution in [0.1, 0.15) is 46.8 Å². The number of oxazole rings is 1. The minimum atomic E-state index is -0.726. The van der Waals surface area contributed by atoms with Crippen LogP contribution in [0.15, 0.2) is 34.9 Å². The van der Waals surface area contributed by atoms with Crippen molar-refractivity contribution in [2.24, 2.45) is 0 Å². The lowest BCUT2D eigenvalue weighted by molar-refractivity contribution is 0.0234. The first-order valence-corrected chi connectivity index (χ1v) is 8.19. The van der Waals surface area contributed by atoms with Crippen molar-refractivity contribution in [3.63, 3.8) is 0 Å². The smallest absolute Gasteiger partial charge is 0.359 e. The van der Waals surface area contributed by atoms with Crippen molar-refractivity contribution in [3.8, 4) is 5.69 Å². The van der Waals surface area contributed by atoms with Crippen LogP contribution in [-0.4, -0.2) is 20.7 Å². The molecule has 0 saturated heterocycles. The lowest BCUT2D eigenvalue weighted by Gasteiger charge is -2.19. The number of carbonyl (C=O) groups excluding carboxylic acids is 1. The van der Waals surface area contributed by atoms with Gasteiger partial charge in [-0.15, -0.1) is 0 Å². The molecule has 2 aromatic heterocycles. The Kier molecular flexibility index (Phi) is 4.02. The van der Waals surface area contributed by atoms with E-state index in [1.54, 1.807) is 6.92 Å². The Morgan fingerprint density at radius 3 is 2.85 bits per heavy atom. The number of halogens is 2. The van der Waals surface area contributed by atoms with Gasteiger partial charge in [-0.05, 0) is 31.0 Å². The highest BCUT2D eigenvalue weighted by molar-refractivity contribution is 5.87. The van der Waals surface area contributed by atoms with Gasteiger partial charge in [0, 0.05) is 25.6 Å². The number of hydrogen-bond acceptors (Lipinski definition) is 5. The Labute approximate surface area is 147 Å². The Morgan fingerprint density at radius 1 is 1.31 bits per heavy atom. The molecular formula is C18H15F2N3O3. The first kappa shape index (κ1) is 16.4. The maximum atomic E-state index is 13.3. The lowest BCUT2D eigenvalue weighted by atomic mass is 9.99. The maximum Gasteiger partial charge on any atom is 0.359 e. The molecule has 0 fully saturated rings. The van der Waals surface area contributed by atoms with E-state index in [4.69, 9.17) is 9.15 Å². The monoisotopic (exact) mass is 359 g/mol. The largest absolute Gasteiger partial charge is 0.451 e. The van der Waals surface area contributed by atoms with E-state index in [0.717, 1.165) is 36.8 Å². The Morgan fingerprint density at radius 2 is 2.08 bits per heavy atom. The molecule has 26 heavy (non-hydrogen) atoms. The fourth-order valence-corrected chi connectivity index (χ4v) is 3.05. The molecule has 6 nitrogen and oxygen atoms in total. The summed E-state index contributed by atoms with van der Waals surface area (Å²) >= 11 is 0. The van der Waals surface area contributed by atoms with Gasteiger partial charge < -0.3 is 9.15 Å². The molecule has 0 amide bonds. The SMILES string of the molecule is Cc1nc2c(o1)CCCC2OC(=O)c1ccn(-c2cc(F)cc(F)c2)n1. The summed E-state index contributed by atoms with van der Waals surface area (Å²) in [6.07, 6.45) is 3.21. The van der Waals surface area contributed by atoms with E-state index in [0.29, 0.717) is 18.0 Å². The molecule has 0 N–H and O–H groups in total. The van der Waals surface area contributed by atoms with Crippen LogP contribution in [0.3, 0.4) is 0 Å². The standard InChI is InChI=1S/C18H15F2N3O3/c1-10-21-17-15(25-10)3-2-4-16(17)26-18(24)14-5-6-23(22-14)13-8-11(19)7-12(20)9-13/h5-9,16H,2-4H2,1H3. The zero-order chi connectivity index (χ0) is 18.3. The molecule has 0 aliphatic heterocycles. The molecule has 1 aromatic carbocycles. The van der Waals surface area contributed by atoms with E-state index in [9.17, 15) is 13.6 Å². The molecule has 0 bridgehead atoms. The lowest BCUT2D eigenvalue weighted by Crippen LogP contribution is -2.17. The average Bonchev–Trinajstić information content (AvgIpc) is 3.20. The van der Waals surface area contributed by atoms with Crippen LogP contribution >= 0.6 is 0 Å². The fraction of sp³-hybridized carbons (Fsp3) is 0.278. The Balaban J connectivity index is 1.54. The van der Waals surface area contributed by atoms with Gasteiger partial charge in [-0.3, -0.25) is 0 Å². The van der Waals surface area contributed by atoms with Crippen LogP contribution in [0, 0.1) is 18.6 Å². The zero-order valence-corrected chi connectivity index (χ0v) is 13.9. The fourth-order valence-electron chi connectivity index (χ4n) is 3.05. The van der Waals surface area contributed by atoms with Gasteiger partial charge in [-0.2, -0.15) is 5.10 Å². The van der Waals surface area contributed by atoms with Crippen molar-refractivity contribution < 1.29 is 22.7 Å². The van der Waals surface area contributed by atoms with Crippen molar-refractivity contribution >= 4 is 5.97 Å². The number of esters is 1. The summed E-state index contributed by atoms with van der Waals surface area (Å²) in [7, 11) is 0. The first-order valence-electron chi connectivity index (χ1n) is 8.19. The normalized spacial score (nSPS) is 16.3. The summed E-state index contributed by atoms with van der Waals surface area (Å²) in [5.41, 5.74) is 0.865. The Bertz CT molecular complexity index is 960. The quantitative estimate of drug-likeness (QED) is 0.667. The predicted octanol–water partition coefficient (Wildman–Crippen LogP) is 3.68. The van der Waals surface area contributed by atoms with E-state index in [2.05, 4.69) is 10.1 Å². The van der Waals surface area contributed by atoms with Crippen LogP contribution < -0.4 is 0 Å². The van der Waals surface area contributed by atoms with E-state index in [-0.39, 0.29) is 11.4 Å². The number of hydrogen-bond donors (Lipinski definition) is 0. The van der Waals surface area contributed by atoms with Gasteiger partial charge in [0.1, 0.15) is 29.2 Å². The minimum absolute atomic E-state index is 0.0435. The van der Waals surface area contributed by atoms with E-state index in [1.807, 2.05) is 0 Å². The van der Waals surface area contributed by atoms with Gasteiger partial charge in [0.15, 0.2) is 11.6 Å². The second kappa shape index (κ2) is 6.36. The van der Waals surface area contributed by atoms with Crippen LogP contribution in [0.4, 0.5) is 8.78 Å². The van der Waals surface area contributed by atoms with E-state index < -0.39 is 23.7 Å². The van der Waals surface area contributed by atoms with E-state index >= 15 is 0 Å². The molecule has 0 radical (unpaired) electrons. The van der Waals surface area contributed by atoms with Crippen LogP contribution in [0.2, 0.25) is 0 Å². The number of nitrogens with zero attached hydrogens (tertiary/aromatic N) is 3. The summed E-state index contributed by atoms with van der Waals surface area (Å²) in [5, 5.41) is 4.05. The molecule has 2 heterocycles. The van der Waals surface area contributed by atoms with Gasteiger partial charge in [-0.1, -0.05) is 0 Å². The molecule has 0 saturated carbocycles. The van der Waals surface area contributed by atoms with Gasteiger partial charge in [0.05, 0.1) is 5.69 Å². The molecule has 1 aliphatic rings. The molecule has 134 valence electrons. The molecule has 8 heteroatoms. The number of rotatable bonds is 3. The number of fused-ring (bicyclic) bond motifs is 1. The highest BCUT2D eigenvalue weighted by atomic mass is 19.1. The summed E-state index contributed by atoms with van der Waals surface area (Å²) in [6.45, 7) is 1.75. The second-order valence-electron chi connectivity index (χ2n) is 6.10. The molecule has 0 spiro atoms. The van der Waals surface area contributed by atoms with Crippen molar-refractivity contribution in [2.75, 3.05) is 0 Å². The minimum Gasteiger partial charge on any atom is -0.451 e. The number of aromatic nitrogens is 3. The number of aryl methyl sites for hydroxylation is 2. The van der Waals surface area contributed by atoms with Crippen LogP contribution in [-0.2, 0) is 11.2 Å². The highest BCUT2D eigenvalue weighted by Gasteiger charge is 2.29. The topological polar surface area (TPSA) is 70.2 Å². The van der Waals surface area contributed by atoms with Gasteiger partial charge >= 0.3 is 5.97 Å². The first-order chi connectivity index (χ1) is 12.5. The van der Waals surface area contributed by atoms with Gasteiger partial charge in [0.2, 0.25) is 0 Å². The molecule has 1 unspecified atom stereocenters. The third-order valence-electron chi connectivity index (χ3n) is 4.17. The number of carbonyl (C=O) groups is 1. The van der Waals surface area contributed by atoms with Gasteiger partial charge in [0.25, 0.3) is 0 Å². The third-order valence-corrected chi connectivity index (χ3v) is 4.17. The summed E-state index contributed by atoms with van der Waals surface area (Å²) in [6, 6.07) is 4.44. The zero-order valence-electron chi connectivity index (χ0n) is 13.9. The molecule has 1 aliphatic carbocycles. The second-order valence-corrected chi connectivity index (χ2v) is 6.10. The van der Waals surface area contributed by atoms with Crippen LogP contribution in [0.5, 0.6) is 0 Å². The Hall–Kier alpha value is -3.03.